The lowest BCUT2D eigenvalue weighted by Gasteiger charge is -2.12. The van der Waals surface area contributed by atoms with Crippen molar-refractivity contribution in [2.45, 2.75) is 5.16 Å². The summed E-state index contributed by atoms with van der Waals surface area (Å²) in [6.07, 6.45) is 1.68. The van der Waals surface area contributed by atoms with Crippen LogP contribution in [0.15, 0.2) is 59.9 Å². The smallest absolute Gasteiger partial charge is 0.196 e. The molecule has 0 saturated heterocycles. The number of hydrogen-bond donors (Lipinski definition) is 1. The van der Waals surface area contributed by atoms with E-state index in [1.807, 2.05) is 0 Å². The molecule has 0 saturated carbocycles. The fourth-order valence-corrected chi connectivity index (χ4v) is 4.28. The van der Waals surface area contributed by atoms with Crippen LogP contribution in [0.4, 0.5) is 4.39 Å². The van der Waals surface area contributed by atoms with Crippen LogP contribution in [0.5, 0.6) is 0 Å². The number of aromatic amines is 1. The van der Waals surface area contributed by atoms with Gasteiger partial charge < -0.3 is 4.98 Å². The first-order valence-electron chi connectivity index (χ1n) is 8.59. The number of nitrogens with zero attached hydrogens (tertiary/aromatic N) is 3. The van der Waals surface area contributed by atoms with Crippen molar-refractivity contribution in [3.05, 3.63) is 81.3 Å². The van der Waals surface area contributed by atoms with E-state index in [-0.39, 0.29) is 16.6 Å². The molecular formula is C20H12Cl3FN4OS. The van der Waals surface area contributed by atoms with Gasteiger partial charge in [0, 0.05) is 16.8 Å². The molecule has 0 spiro atoms. The third kappa shape index (κ3) is 4.25. The van der Waals surface area contributed by atoms with E-state index in [2.05, 4.69) is 15.2 Å². The van der Waals surface area contributed by atoms with Crippen LogP contribution >= 0.6 is 46.6 Å². The largest absolute Gasteiger partial charge is 0.359 e. The van der Waals surface area contributed by atoms with Crippen molar-refractivity contribution in [1.29, 1.82) is 0 Å². The third-order valence-electron chi connectivity index (χ3n) is 4.20. The van der Waals surface area contributed by atoms with Gasteiger partial charge in [0.25, 0.3) is 0 Å². The Kier molecular flexibility index (Phi) is 6.15. The molecule has 0 amide bonds. The molecule has 0 fully saturated rings. The Morgan fingerprint density at radius 2 is 1.90 bits per heavy atom. The number of rotatable bonds is 6. The van der Waals surface area contributed by atoms with Crippen LogP contribution in [0.2, 0.25) is 15.1 Å². The van der Waals surface area contributed by atoms with Gasteiger partial charge in [-0.05, 0) is 48.5 Å². The summed E-state index contributed by atoms with van der Waals surface area (Å²) in [5, 5.41) is 9.71. The minimum atomic E-state index is -0.546. The van der Waals surface area contributed by atoms with Crippen LogP contribution in [-0.2, 0) is 0 Å². The lowest BCUT2D eigenvalue weighted by Crippen LogP contribution is -2.05. The predicted octanol–water partition coefficient (Wildman–Crippen LogP) is 6.34. The van der Waals surface area contributed by atoms with Gasteiger partial charge in [-0.15, -0.1) is 10.2 Å². The second-order valence-corrected chi connectivity index (χ2v) is 8.35. The minimum absolute atomic E-state index is 0.0484. The summed E-state index contributed by atoms with van der Waals surface area (Å²) >= 11 is 19.6. The molecule has 0 aliphatic rings. The number of ketones is 1. The zero-order valence-corrected chi connectivity index (χ0v) is 18.2. The van der Waals surface area contributed by atoms with Crippen LogP contribution < -0.4 is 0 Å². The maximum absolute atomic E-state index is 13.7. The van der Waals surface area contributed by atoms with E-state index in [9.17, 15) is 9.18 Å². The highest BCUT2D eigenvalue weighted by atomic mass is 35.5. The van der Waals surface area contributed by atoms with Crippen LogP contribution in [0.3, 0.4) is 0 Å². The van der Waals surface area contributed by atoms with Crippen molar-refractivity contribution in [3.8, 4) is 17.1 Å². The van der Waals surface area contributed by atoms with Gasteiger partial charge in [-0.3, -0.25) is 9.36 Å². The number of halogens is 4. The van der Waals surface area contributed by atoms with E-state index in [0.29, 0.717) is 38.0 Å². The number of aromatic nitrogens is 4. The molecular weight excluding hydrogens is 470 g/mol. The molecule has 0 bridgehead atoms. The van der Waals surface area contributed by atoms with E-state index in [0.717, 1.165) is 0 Å². The third-order valence-corrected chi connectivity index (χ3v) is 5.96. The molecule has 2 aromatic heterocycles. The van der Waals surface area contributed by atoms with Gasteiger partial charge in [0.05, 0.1) is 27.2 Å². The Hall–Kier alpha value is -2.32. The van der Waals surface area contributed by atoms with Gasteiger partial charge in [0.1, 0.15) is 5.82 Å². The van der Waals surface area contributed by atoms with Crippen LogP contribution in [0, 0.1) is 5.82 Å². The quantitative estimate of drug-likeness (QED) is 0.258. The number of thioether (sulfide) groups is 1. The Labute approximate surface area is 190 Å². The standard InChI is InChI=1S/C20H12Cl3FN4OS/c21-11-3-5-13(14(22)8-11)19-26-27-20(30-10-18(29)17-2-1-7-25-17)28(19)12-4-6-16(24)15(23)9-12/h1-9,25H,10H2. The molecule has 152 valence electrons. The molecule has 4 rings (SSSR count). The number of carbonyl (C=O) groups is 1. The zero-order chi connectivity index (χ0) is 21.3. The predicted molar refractivity (Wildman–Crippen MR) is 118 cm³/mol. The highest BCUT2D eigenvalue weighted by Crippen LogP contribution is 2.34. The lowest BCUT2D eigenvalue weighted by atomic mass is 10.2. The van der Waals surface area contributed by atoms with Gasteiger partial charge in [-0.2, -0.15) is 0 Å². The topological polar surface area (TPSA) is 63.6 Å². The highest BCUT2D eigenvalue weighted by molar-refractivity contribution is 7.99. The number of carbonyl (C=O) groups excluding carboxylic acids is 1. The molecule has 2 aromatic carbocycles. The summed E-state index contributed by atoms with van der Waals surface area (Å²) in [4.78, 5) is 15.3. The number of benzene rings is 2. The van der Waals surface area contributed by atoms with Crippen LogP contribution in [0.1, 0.15) is 10.5 Å². The SMILES string of the molecule is O=C(CSc1nnc(-c2ccc(Cl)cc2Cl)n1-c1ccc(F)c(Cl)c1)c1ccc[nH]1. The second-order valence-electron chi connectivity index (χ2n) is 6.16. The average Bonchev–Trinajstić information content (AvgIpc) is 3.38. The maximum Gasteiger partial charge on any atom is 0.196 e. The number of hydrogen-bond acceptors (Lipinski definition) is 4. The van der Waals surface area contributed by atoms with E-state index >= 15 is 0 Å². The van der Waals surface area contributed by atoms with E-state index in [1.165, 1.54) is 23.9 Å². The van der Waals surface area contributed by atoms with Crippen LogP contribution in [0.25, 0.3) is 17.1 Å². The molecule has 0 radical (unpaired) electrons. The van der Waals surface area contributed by atoms with Crippen molar-refractivity contribution in [2.24, 2.45) is 0 Å². The second kappa shape index (κ2) is 8.81. The summed E-state index contributed by atoms with van der Waals surface area (Å²) < 4.78 is 15.4. The molecule has 2 heterocycles. The summed E-state index contributed by atoms with van der Waals surface area (Å²) in [5.41, 5.74) is 1.61. The molecule has 1 N–H and O–H groups in total. The van der Waals surface area contributed by atoms with Crippen molar-refractivity contribution < 1.29 is 9.18 Å². The molecule has 0 aliphatic heterocycles. The fourth-order valence-electron chi connectivity index (χ4n) is 2.78. The zero-order valence-electron chi connectivity index (χ0n) is 15.1. The Morgan fingerprint density at radius 1 is 1.07 bits per heavy atom. The van der Waals surface area contributed by atoms with E-state index < -0.39 is 5.82 Å². The Bertz CT molecular complexity index is 1230. The van der Waals surface area contributed by atoms with E-state index in [1.54, 1.807) is 47.2 Å². The fraction of sp³-hybridized carbons (Fsp3) is 0.0500. The van der Waals surface area contributed by atoms with Gasteiger partial charge in [-0.25, -0.2) is 4.39 Å². The van der Waals surface area contributed by atoms with Gasteiger partial charge >= 0.3 is 0 Å². The van der Waals surface area contributed by atoms with Crippen LogP contribution in [-0.4, -0.2) is 31.3 Å². The minimum Gasteiger partial charge on any atom is -0.359 e. The van der Waals surface area contributed by atoms with Crippen molar-refractivity contribution in [1.82, 2.24) is 19.7 Å². The molecule has 30 heavy (non-hydrogen) atoms. The summed E-state index contributed by atoms with van der Waals surface area (Å²) in [7, 11) is 0. The number of Topliss-reactive ketones (excluding diaryl/α,β-unsaturated/α-hetero) is 1. The number of H-pyrrole nitrogens is 1. The molecule has 10 heteroatoms. The molecule has 4 aromatic rings. The summed E-state index contributed by atoms with van der Waals surface area (Å²) in [6.45, 7) is 0. The van der Waals surface area contributed by atoms with E-state index in [4.69, 9.17) is 34.8 Å². The number of nitrogens with one attached hydrogen (secondary N) is 1. The summed E-state index contributed by atoms with van der Waals surface area (Å²) in [5.74, 6) is -0.102. The maximum atomic E-state index is 13.7. The Morgan fingerprint density at radius 3 is 2.60 bits per heavy atom. The molecule has 5 nitrogen and oxygen atoms in total. The first-order chi connectivity index (χ1) is 14.4. The highest BCUT2D eigenvalue weighted by Gasteiger charge is 2.20. The normalized spacial score (nSPS) is 11.1. The lowest BCUT2D eigenvalue weighted by molar-refractivity contribution is 0.101. The average molecular weight is 482 g/mol. The molecule has 0 aliphatic carbocycles. The molecule has 0 atom stereocenters. The molecule has 0 unspecified atom stereocenters. The van der Waals surface area contributed by atoms with Gasteiger partial charge in [0.15, 0.2) is 16.8 Å². The summed E-state index contributed by atoms with van der Waals surface area (Å²) in [6, 6.07) is 12.7. The van der Waals surface area contributed by atoms with Gasteiger partial charge in [-0.1, -0.05) is 46.6 Å². The van der Waals surface area contributed by atoms with Crippen molar-refractivity contribution >= 4 is 52.3 Å². The van der Waals surface area contributed by atoms with Crippen molar-refractivity contribution in [2.75, 3.05) is 5.75 Å². The van der Waals surface area contributed by atoms with Crippen molar-refractivity contribution in [3.63, 3.8) is 0 Å². The van der Waals surface area contributed by atoms with Gasteiger partial charge in [0.2, 0.25) is 0 Å². The first-order valence-corrected chi connectivity index (χ1v) is 10.7. The Balaban J connectivity index is 1.77. The monoisotopic (exact) mass is 480 g/mol. The first kappa shape index (κ1) is 20.9.